The molecule has 3 aromatic rings. The molecule has 1 amide bonds. The van der Waals surface area contributed by atoms with E-state index in [9.17, 15) is 9.90 Å². The van der Waals surface area contributed by atoms with Crippen LogP contribution in [0.4, 0.5) is 5.82 Å². The molecule has 1 saturated carbocycles. The molecule has 6 heteroatoms. The van der Waals surface area contributed by atoms with Gasteiger partial charge in [0.25, 0.3) is 5.91 Å². The van der Waals surface area contributed by atoms with Crippen LogP contribution in [-0.4, -0.2) is 20.6 Å². The molecule has 6 nitrogen and oxygen atoms in total. The highest BCUT2D eigenvalue weighted by atomic mass is 16.3. The number of rotatable bonds is 3. The van der Waals surface area contributed by atoms with Crippen LogP contribution in [-0.2, 0) is 0 Å². The Balaban J connectivity index is 2.00. The first-order valence-electron chi connectivity index (χ1n) is 8.88. The molecule has 0 saturated heterocycles. The number of nitrogens with two attached hydrogens (primary N) is 2. The lowest BCUT2D eigenvalue weighted by molar-refractivity contribution is 0.100. The number of carbonyl (C=O) groups excluding carboxylic acids is 1. The number of primary amides is 1. The van der Waals surface area contributed by atoms with Gasteiger partial charge in [-0.15, -0.1) is 0 Å². The normalized spacial score (nSPS) is 15.0. The topological polar surface area (TPSA) is 107 Å². The van der Waals surface area contributed by atoms with E-state index >= 15 is 0 Å². The molecular formula is C20H22N4O2. The van der Waals surface area contributed by atoms with Crippen LogP contribution in [0.1, 0.15) is 53.2 Å². The van der Waals surface area contributed by atoms with Crippen LogP contribution >= 0.6 is 0 Å². The van der Waals surface area contributed by atoms with Crippen LogP contribution < -0.4 is 11.5 Å². The van der Waals surface area contributed by atoms with Gasteiger partial charge in [-0.1, -0.05) is 18.9 Å². The Bertz CT molecular complexity index is 1020. The van der Waals surface area contributed by atoms with Crippen molar-refractivity contribution < 1.29 is 9.90 Å². The number of amides is 1. The lowest BCUT2D eigenvalue weighted by atomic mass is 10.0. The van der Waals surface area contributed by atoms with Gasteiger partial charge in [-0.3, -0.25) is 9.36 Å². The number of benzene rings is 1. The summed E-state index contributed by atoms with van der Waals surface area (Å²) in [6.45, 7) is 1.92. The van der Waals surface area contributed by atoms with Gasteiger partial charge in [0.2, 0.25) is 0 Å². The van der Waals surface area contributed by atoms with E-state index in [1.54, 1.807) is 22.8 Å². The van der Waals surface area contributed by atoms with E-state index in [-0.39, 0.29) is 17.1 Å². The SMILES string of the molecule is Cc1ccc(O)cc1-n1c(N)c(C(N)=O)c2nc(C3CCCC3)ccc21. The number of phenolic OH excluding ortho intramolecular Hbond substituents is 1. The molecule has 0 spiro atoms. The summed E-state index contributed by atoms with van der Waals surface area (Å²) in [6, 6.07) is 9.01. The molecule has 1 aliphatic rings. The minimum atomic E-state index is -0.597. The molecule has 0 atom stereocenters. The van der Waals surface area contributed by atoms with E-state index in [1.165, 1.54) is 12.8 Å². The fraction of sp³-hybridized carbons (Fsp3) is 0.300. The molecule has 134 valence electrons. The quantitative estimate of drug-likeness (QED) is 0.673. The highest BCUT2D eigenvalue weighted by Crippen LogP contribution is 2.37. The number of aromatic hydroxyl groups is 1. The van der Waals surface area contributed by atoms with Crippen molar-refractivity contribution in [3.05, 3.63) is 47.2 Å². The summed E-state index contributed by atoms with van der Waals surface area (Å²) in [4.78, 5) is 16.9. The highest BCUT2D eigenvalue weighted by molar-refractivity contribution is 6.10. The van der Waals surface area contributed by atoms with Crippen LogP contribution in [0, 0.1) is 6.92 Å². The third kappa shape index (κ3) is 2.49. The molecule has 26 heavy (non-hydrogen) atoms. The third-order valence-corrected chi connectivity index (χ3v) is 5.32. The number of phenols is 1. The van der Waals surface area contributed by atoms with Crippen molar-refractivity contribution in [1.82, 2.24) is 9.55 Å². The Morgan fingerprint density at radius 3 is 2.65 bits per heavy atom. The molecule has 0 bridgehead atoms. The molecular weight excluding hydrogens is 328 g/mol. The van der Waals surface area contributed by atoms with Crippen molar-refractivity contribution in [3.8, 4) is 11.4 Å². The Labute approximate surface area is 151 Å². The zero-order chi connectivity index (χ0) is 18.4. The van der Waals surface area contributed by atoms with Crippen LogP contribution in [0.3, 0.4) is 0 Å². The van der Waals surface area contributed by atoms with E-state index in [2.05, 4.69) is 0 Å². The summed E-state index contributed by atoms with van der Waals surface area (Å²) >= 11 is 0. The van der Waals surface area contributed by atoms with Gasteiger partial charge in [-0.05, 0) is 43.5 Å². The molecule has 1 fully saturated rings. The smallest absolute Gasteiger partial charge is 0.254 e. The average Bonchev–Trinajstić information content (AvgIpc) is 3.22. The lowest BCUT2D eigenvalue weighted by Crippen LogP contribution is -2.14. The van der Waals surface area contributed by atoms with Gasteiger partial charge in [-0.25, -0.2) is 4.98 Å². The van der Waals surface area contributed by atoms with Crippen molar-refractivity contribution >= 4 is 22.8 Å². The summed E-state index contributed by atoms with van der Waals surface area (Å²) in [5.41, 5.74) is 16.0. The van der Waals surface area contributed by atoms with Crippen LogP contribution in [0.2, 0.25) is 0 Å². The molecule has 0 radical (unpaired) electrons. The maximum Gasteiger partial charge on any atom is 0.254 e. The van der Waals surface area contributed by atoms with Crippen molar-refractivity contribution in [2.75, 3.05) is 5.73 Å². The number of pyridine rings is 1. The maximum absolute atomic E-state index is 12.1. The fourth-order valence-corrected chi connectivity index (χ4v) is 3.98. The summed E-state index contributed by atoms with van der Waals surface area (Å²) < 4.78 is 1.75. The van der Waals surface area contributed by atoms with E-state index in [1.807, 2.05) is 19.1 Å². The Kier molecular flexibility index (Phi) is 3.83. The summed E-state index contributed by atoms with van der Waals surface area (Å²) in [6.07, 6.45) is 4.65. The predicted molar refractivity (Wildman–Crippen MR) is 102 cm³/mol. The number of fused-ring (bicyclic) bond motifs is 1. The molecule has 0 aliphatic heterocycles. The van der Waals surface area contributed by atoms with Crippen molar-refractivity contribution in [3.63, 3.8) is 0 Å². The number of hydrogen-bond acceptors (Lipinski definition) is 4. The minimum Gasteiger partial charge on any atom is -0.508 e. The van der Waals surface area contributed by atoms with Gasteiger partial charge in [0.15, 0.2) is 0 Å². The molecule has 1 aliphatic carbocycles. The van der Waals surface area contributed by atoms with Crippen molar-refractivity contribution in [1.29, 1.82) is 0 Å². The second-order valence-corrected chi connectivity index (χ2v) is 7.02. The second kappa shape index (κ2) is 6.05. The number of nitrogen functional groups attached to an aromatic ring is 1. The Morgan fingerprint density at radius 1 is 1.23 bits per heavy atom. The minimum absolute atomic E-state index is 0.128. The third-order valence-electron chi connectivity index (χ3n) is 5.32. The van der Waals surface area contributed by atoms with Gasteiger partial charge >= 0.3 is 0 Å². The summed E-state index contributed by atoms with van der Waals surface area (Å²) in [5.74, 6) is 0.201. The van der Waals surface area contributed by atoms with E-state index in [0.717, 1.165) is 24.1 Å². The van der Waals surface area contributed by atoms with Gasteiger partial charge in [0.05, 0.1) is 11.2 Å². The van der Waals surface area contributed by atoms with Crippen LogP contribution in [0.15, 0.2) is 30.3 Å². The molecule has 0 unspecified atom stereocenters. The molecule has 1 aromatic carbocycles. The first-order valence-corrected chi connectivity index (χ1v) is 8.88. The molecule has 4 rings (SSSR count). The van der Waals surface area contributed by atoms with E-state index in [4.69, 9.17) is 16.5 Å². The predicted octanol–water partition coefficient (Wildman–Crippen LogP) is 3.38. The van der Waals surface area contributed by atoms with E-state index in [0.29, 0.717) is 22.6 Å². The molecule has 5 N–H and O–H groups in total. The van der Waals surface area contributed by atoms with Gasteiger partial charge in [0, 0.05) is 17.7 Å². The van der Waals surface area contributed by atoms with Crippen LogP contribution in [0.5, 0.6) is 5.75 Å². The number of carbonyl (C=O) groups is 1. The Morgan fingerprint density at radius 2 is 1.96 bits per heavy atom. The van der Waals surface area contributed by atoms with Crippen LogP contribution in [0.25, 0.3) is 16.7 Å². The summed E-state index contributed by atoms with van der Waals surface area (Å²) in [5, 5.41) is 9.90. The highest BCUT2D eigenvalue weighted by Gasteiger charge is 2.25. The maximum atomic E-state index is 12.1. The molecule has 2 aromatic heterocycles. The van der Waals surface area contributed by atoms with Gasteiger partial charge in [0.1, 0.15) is 22.6 Å². The van der Waals surface area contributed by atoms with Crippen molar-refractivity contribution in [2.24, 2.45) is 5.73 Å². The second-order valence-electron chi connectivity index (χ2n) is 7.02. The van der Waals surface area contributed by atoms with Gasteiger partial charge < -0.3 is 16.6 Å². The largest absolute Gasteiger partial charge is 0.508 e. The van der Waals surface area contributed by atoms with E-state index < -0.39 is 5.91 Å². The number of anilines is 1. The first kappa shape index (κ1) is 16.4. The van der Waals surface area contributed by atoms with Crippen molar-refractivity contribution in [2.45, 2.75) is 38.5 Å². The lowest BCUT2D eigenvalue weighted by Gasteiger charge is -2.12. The fourth-order valence-electron chi connectivity index (χ4n) is 3.98. The number of hydrogen-bond donors (Lipinski definition) is 3. The monoisotopic (exact) mass is 350 g/mol. The zero-order valence-electron chi connectivity index (χ0n) is 14.7. The first-order chi connectivity index (χ1) is 12.5. The van der Waals surface area contributed by atoms with Gasteiger partial charge in [-0.2, -0.15) is 0 Å². The number of aromatic nitrogens is 2. The molecule has 2 heterocycles. The number of aryl methyl sites for hydroxylation is 1. The number of nitrogens with zero attached hydrogens (tertiary/aromatic N) is 2. The standard InChI is InChI=1S/C20H22N4O2/c1-11-6-7-13(25)10-16(11)24-15-9-8-14(12-4-2-3-5-12)23-18(15)17(19(24)21)20(22)26/h6-10,12,25H,2-5,21H2,1H3,(H2,22,26). The Hall–Kier alpha value is -3.02. The average molecular weight is 350 g/mol. The summed E-state index contributed by atoms with van der Waals surface area (Å²) in [7, 11) is 0. The zero-order valence-corrected chi connectivity index (χ0v) is 14.7.